The molecule has 0 aromatic heterocycles. The number of fused-ring (bicyclic) bond motifs is 2. The Morgan fingerprint density at radius 1 is 1.25 bits per heavy atom. The molecule has 9 heteroatoms. The topological polar surface area (TPSA) is 67.8 Å². The first-order valence-electron chi connectivity index (χ1n) is 10.2. The maximum atomic E-state index is 13.2. The number of hydrogen-bond donors (Lipinski definition) is 2. The summed E-state index contributed by atoms with van der Waals surface area (Å²) in [5.74, 6) is -0.682. The first-order chi connectivity index (χ1) is 15.2. The smallest absolute Gasteiger partial charge is 0.461 e. The van der Waals surface area contributed by atoms with Gasteiger partial charge in [-0.3, -0.25) is 4.79 Å². The van der Waals surface area contributed by atoms with Crippen LogP contribution in [-0.2, 0) is 17.6 Å². The molecule has 1 amide bonds. The molecule has 1 atom stereocenters. The molecule has 0 radical (unpaired) electrons. The first-order valence-corrected chi connectivity index (χ1v) is 10.2. The molecule has 2 aromatic rings. The van der Waals surface area contributed by atoms with Crippen molar-refractivity contribution < 1.29 is 36.9 Å². The van der Waals surface area contributed by atoms with Gasteiger partial charge in [0.25, 0.3) is 0 Å². The Morgan fingerprint density at radius 2 is 2.06 bits per heavy atom. The fourth-order valence-electron chi connectivity index (χ4n) is 3.92. The summed E-state index contributed by atoms with van der Waals surface area (Å²) in [7, 11) is 0. The number of benzene rings is 2. The van der Waals surface area contributed by atoms with Gasteiger partial charge in [0.15, 0.2) is 0 Å². The van der Waals surface area contributed by atoms with Crippen molar-refractivity contribution in [2.24, 2.45) is 0 Å². The van der Waals surface area contributed by atoms with Crippen molar-refractivity contribution in [2.45, 2.75) is 44.3 Å². The number of halogens is 4. The van der Waals surface area contributed by atoms with Crippen LogP contribution in [0.15, 0.2) is 42.5 Å². The summed E-state index contributed by atoms with van der Waals surface area (Å²) < 4.78 is 60.6. The minimum absolute atomic E-state index is 0.165. The van der Waals surface area contributed by atoms with Gasteiger partial charge in [-0.25, -0.2) is 0 Å². The van der Waals surface area contributed by atoms with Gasteiger partial charge in [0.05, 0.1) is 12.7 Å². The van der Waals surface area contributed by atoms with Gasteiger partial charge in [-0.1, -0.05) is 12.1 Å². The highest BCUT2D eigenvalue weighted by molar-refractivity contribution is 6.05. The Morgan fingerprint density at radius 3 is 2.84 bits per heavy atom. The Kier molecular flexibility index (Phi) is 6.10. The van der Waals surface area contributed by atoms with Crippen LogP contribution in [0.3, 0.4) is 0 Å². The van der Waals surface area contributed by atoms with Crippen molar-refractivity contribution in [3.05, 3.63) is 59.2 Å². The van der Waals surface area contributed by atoms with Crippen molar-refractivity contribution >= 4 is 17.2 Å². The summed E-state index contributed by atoms with van der Waals surface area (Å²) >= 11 is 0. The number of hydrogen-bond acceptors (Lipinski definition) is 4. The van der Waals surface area contributed by atoms with Crippen LogP contribution in [0.25, 0.3) is 5.57 Å². The lowest BCUT2D eigenvalue weighted by molar-refractivity contribution is -0.253. The second kappa shape index (κ2) is 8.82. The third kappa shape index (κ3) is 4.72. The number of carbonyl (C=O) groups excluding carboxylic acids is 1. The summed E-state index contributed by atoms with van der Waals surface area (Å²) in [4.78, 5) is 12.7. The van der Waals surface area contributed by atoms with E-state index in [-0.39, 0.29) is 18.3 Å². The fraction of sp³-hybridized carbons (Fsp3) is 0.348. The maximum absolute atomic E-state index is 13.2. The van der Waals surface area contributed by atoms with E-state index in [9.17, 15) is 27.5 Å². The van der Waals surface area contributed by atoms with Crippen LogP contribution in [0.4, 0.5) is 23.2 Å². The molecule has 0 saturated carbocycles. The molecule has 0 bridgehead atoms. The second-order valence-electron chi connectivity index (χ2n) is 7.72. The molecule has 0 saturated heterocycles. The lowest BCUT2D eigenvalue weighted by Crippen LogP contribution is -2.33. The number of nitrogens with one attached hydrogen (secondary N) is 1. The van der Waals surface area contributed by atoms with Crippen molar-refractivity contribution in [1.29, 1.82) is 0 Å². The largest absolute Gasteiger partial charge is 0.492 e. The third-order valence-electron chi connectivity index (χ3n) is 5.46. The molecule has 5 nitrogen and oxygen atoms in total. The number of aliphatic hydroxyl groups excluding tert-OH is 1. The second-order valence-corrected chi connectivity index (χ2v) is 7.72. The summed E-state index contributed by atoms with van der Waals surface area (Å²) in [5, 5.41) is 12.8. The molecule has 1 heterocycles. The zero-order chi connectivity index (χ0) is 22.9. The van der Waals surface area contributed by atoms with Gasteiger partial charge in [0.2, 0.25) is 5.91 Å². The summed E-state index contributed by atoms with van der Waals surface area (Å²) in [6.45, 7) is 0.188. The Balaban J connectivity index is 1.53. The Labute approximate surface area is 181 Å². The molecular weight excluding hydrogens is 430 g/mol. The molecule has 2 aromatic carbocycles. The van der Waals surface area contributed by atoms with E-state index in [1.165, 1.54) is 12.1 Å². The van der Waals surface area contributed by atoms with Gasteiger partial charge < -0.3 is 19.9 Å². The van der Waals surface area contributed by atoms with E-state index < -0.39 is 24.4 Å². The maximum Gasteiger partial charge on any atom is 0.461 e. The van der Waals surface area contributed by atoms with E-state index in [1.54, 1.807) is 6.07 Å². The van der Waals surface area contributed by atoms with Gasteiger partial charge in [0.1, 0.15) is 11.5 Å². The minimum Gasteiger partial charge on any atom is -0.492 e. The predicted octanol–water partition coefficient (Wildman–Crippen LogP) is 4.58. The molecule has 170 valence electrons. The van der Waals surface area contributed by atoms with Gasteiger partial charge in [0, 0.05) is 36.2 Å². The molecule has 2 aliphatic rings. The van der Waals surface area contributed by atoms with E-state index in [4.69, 9.17) is 4.74 Å². The zero-order valence-electron chi connectivity index (χ0n) is 16.9. The standard InChI is InChI=1S/C23H21F4NO4/c24-22(25)23(26,27)32-16-6-7-17-14(8-9-31-20(17)12-16)10-21(30)28-19-3-1-2-13-4-5-15(29)11-18(13)19/h1-3,6-7,10,12,15,22,29H,4-5,8-9,11H2,(H,28,30). The summed E-state index contributed by atoms with van der Waals surface area (Å²) in [5.41, 5.74) is 3.73. The highest BCUT2D eigenvalue weighted by Gasteiger charge is 2.44. The number of alkyl halides is 4. The number of ether oxygens (including phenoxy) is 2. The molecule has 1 aliphatic heterocycles. The minimum atomic E-state index is -4.62. The van der Waals surface area contributed by atoms with E-state index in [0.29, 0.717) is 36.1 Å². The van der Waals surface area contributed by atoms with E-state index >= 15 is 0 Å². The molecule has 0 spiro atoms. The number of rotatable bonds is 5. The predicted molar refractivity (Wildman–Crippen MR) is 109 cm³/mol. The molecule has 32 heavy (non-hydrogen) atoms. The quantitative estimate of drug-likeness (QED) is 0.516. The summed E-state index contributed by atoms with van der Waals surface area (Å²) in [6, 6.07) is 9.22. The van der Waals surface area contributed by atoms with Gasteiger partial charge in [-0.2, -0.15) is 17.6 Å². The average molecular weight is 451 g/mol. The van der Waals surface area contributed by atoms with Crippen molar-refractivity contribution in [3.63, 3.8) is 0 Å². The van der Waals surface area contributed by atoms with Crippen LogP contribution < -0.4 is 14.8 Å². The number of amides is 1. The number of anilines is 1. The number of carbonyl (C=O) groups is 1. The normalized spacial score (nSPS) is 19.2. The first kappa shape index (κ1) is 22.1. The van der Waals surface area contributed by atoms with Crippen LogP contribution in [0.5, 0.6) is 11.5 Å². The lowest BCUT2D eigenvalue weighted by Gasteiger charge is -2.24. The fourth-order valence-corrected chi connectivity index (χ4v) is 3.92. The Hall–Kier alpha value is -3.07. The van der Waals surface area contributed by atoms with Crippen LogP contribution in [0, 0.1) is 0 Å². The third-order valence-corrected chi connectivity index (χ3v) is 5.46. The molecule has 4 rings (SSSR count). The molecule has 1 unspecified atom stereocenters. The van der Waals surface area contributed by atoms with Gasteiger partial charge in [-0.15, -0.1) is 0 Å². The zero-order valence-corrected chi connectivity index (χ0v) is 16.9. The summed E-state index contributed by atoms with van der Waals surface area (Å²) in [6.07, 6.45) is -5.36. The lowest BCUT2D eigenvalue weighted by atomic mass is 9.88. The van der Waals surface area contributed by atoms with Gasteiger partial charge >= 0.3 is 12.5 Å². The van der Waals surface area contributed by atoms with Crippen LogP contribution in [0.1, 0.15) is 29.5 Å². The van der Waals surface area contributed by atoms with Crippen molar-refractivity contribution in [2.75, 3.05) is 11.9 Å². The number of aliphatic hydroxyl groups is 1. The van der Waals surface area contributed by atoms with Gasteiger partial charge in [-0.05, 0) is 47.7 Å². The molecule has 0 fully saturated rings. The monoisotopic (exact) mass is 451 g/mol. The highest BCUT2D eigenvalue weighted by Crippen LogP contribution is 2.38. The molecular formula is C23H21F4NO4. The SMILES string of the molecule is O=C(C=C1CCOc2cc(OC(F)(F)C(F)F)ccc21)Nc1cccc2c1CC(O)CC2. The van der Waals surface area contributed by atoms with Crippen LogP contribution in [0.2, 0.25) is 0 Å². The number of aryl methyl sites for hydroxylation is 1. The van der Waals surface area contributed by atoms with Crippen molar-refractivity contribution in [3.8, 4) is 11.5 Å². The van der Waals surface area contributed by atoms with Crippen molar-refractivity contribution in [1.82, 2.24) is 0 Å². The van der Waals surface area contributed by atoms with Crippen LogP contribution >= 0.6 is 0 Å². The van der Waals surface area contributed by atoms with E-state index in [2.05, 4.69) is 10.1 Å². The van der Waals surface area contributed by atoms with E-state index in [1.807, 2.05) is 12.1 Å². The average Bonchev–Trinajstić information content (AvgIpc) is 2.74. The molecule has 2 N–H and O–H groups in total. The highest BCUT2D eigenvalue weighted by atomic mass is 19.3. The molecule has 1 aliphatic carbocycles. The van der Waals surface area contributed by atoms with E-state index in [0.717, 1.165) is 29.7 Å². The Bertz CT molecular complexity index is 1050. The van der Waals surface area contributed by atoms with Crippen LogP contribution in [-0.4, -0.2) is 36.3 Å².